The third-order valence-electron chi connectivity index (χ3n) is 7.48. The van der Waals surface area contributed by atoms with Gasteiger partial charge in [-0.2, -0.15) is 0 Å². The van der Waals surface area contributed by atoms with Crippen LogP contribution in [0.2, 0.25) is 0 Å². The molecule has 2 heterocycles. The summed E-state index contributed by atoms with van der Waals surface area (Å²) in [5.74, 6) is 3.37. The molecule has 0 unspecified atom stereocenters. The van der Waals surface area contributed by atoms with Crippen LogP contribution in [0, 0.1) is 23.7 Å². The highest BCUT2D eigenvalue weighted by atomic mass is 16.2. The van der Waals surface area contributed by atoms with Gasteiger partial charge in [0, 0.05) is 24.7 Å². The Bertz CT molecular complexity index is 751. The summed E-state index contributed by atoms with van der Waals surface area (Å²) in [6, 6.07) is 0. The molecule has 6 heteroatoms. The number of nitrogens with zero attached hydrogens (tertiary/aromatic N) is 2. The van der Waals surface area contributed by atoms with E-state index in [2.05, 4.69) is 9.97 Å². The Morgan fingerprint density at radius 2 is 1.88 bits per heavy atom. The van der Waals surface area contributed by atoms with Gasteiger partial charge in [-0.05, 0) is 75.2 Å². The number of rotatable bonds is 3. The number of nitrogens with one attached hydrogen (secondary N) is 1. The van der Waals surface area contributed by atoms with Gasteiger partial charge in [-0.3, -0.25) is 9.59 Å². The lowest BCUT2D eigenvalue weighted by atomic mass is 9.49. The molecule has 1 aliphatic heterocycles. The summed E-state index contributed by atoms with van der Waals surface area (Å²) in [5, 5.41) is 0. The highest BCUT2D eigenvalue weighted by molar-refractivity contribution is 5.93. The van der Waals surface area contributed by atoms with Crippen molar-refractivity contribution >= 4 is 5.91 Å². The van der Waals surface area contributed by atoms with Gasteiger partial charge in [0.1, 0.15) is 11.4 Å². The second-order valence-electron chi connectivity index (χ2n) is 9.31. The zero-order valence-corrected chi connectivity index (χ0v) is 15.2. The first-order valence-corrected chi connectivity index (χ1v) is 10.2. The first-order chi connectivity index (χ1) is 12.6. The predicted octanol–water partition coefficient (Wildman–Crippen LogP) is 1.66. The molecule has 1 aromatic heterocycles. The number of carbonyl (C=O) groups is 1. The van der Waals surface area contributed by atoms with Gasteiger partial charge in [0.15, 0.2) is 0 Å². The van der Waals surface area contributed by atoms with E-state index in [1.807, 2.05) is 0 Å². The van der Waals surface area contributed by atoms with Crippen molar-refractivity contribution < 1.29 is 4.79 Å². The number of nitrogens with two attached hydrogens (primary N) is 1. The minimum Gasteiger partial charge on any atom is -0.338 e. The summed E-state index contributed by atoms with van der Waals surface area (Å²) < 4.78 is 0. The summed E-state index contributed by atoms with van der Waals surface area (Å²) in [4.78, 5) is 34.8. The molecule has 1 atom stereocenters. The van der Waals surface area contributed by atoms with Crippen molar-refractivity contribution in [1.29, 1.82) is 0 Å². The van der Waals surface area contributed by atoms with Crippen molar-refractivity contribution in [1.82, 2.24) is 14.9 Å². The predicted molar refractivity (Wildman–Crippen MR) is 97.8 cm³/mol. The summed E-state index contributed by atoms with van der Waals surface area (Å²) >= 11 is 0. The van der Waals surface area contributed by atoms with Gasteiger partial charge >= 0.3 is 0 Å². The van der Waals surface area contributed by atoms with Crippen LogP contribution in [0.1, 0.15) is 61.1 Å². The maximum absolute atomic E-state index is 12.7. The van der Waals surface area contributed by atoms with E-state index < -0.39 is 0 Å². The SMILES string of the molecule is NC[C@H]1CCN(C(=O)c2cnc(C34CC5CC(CC(C5)C3)C4)[nH]c2=O)C1. The van der Waals surface area contributed by atoms with E-state index in [9.17, 15) is 9.59 Å². The van der Waals surface area contributed by atoms with Crippen molar-refractivity contribution in [3.63, 3.8) is 0 Å². The lowest BCUT2D eigenvalue weighted by molar-refractivity contribution is -0.00954. The molecule has 1 saturated heterocycles. The maximum Gasteiger partial charge on any atom is 0.263 e. The average Bonchev–Trinajstić information content (AvgIpc) is 3.09. The Balaban J connectivity index is 1.41. The molecular formula is C20H28N4O2. The fourth-order valence-electron chi connectivity index (χ4n) is 6.60. The Morgan fingerprint density at radius 1 is 1.23 bits per heavy atom. The molecule has 5 fully saturated rings. The molecule has 4 aliphatic carbocycles. The van der Waals surface area contributed by atoms with Crippen molar-refractivity contribution in [2.24, 2.45) is 29.4 Å². The summed E-state index contributed by atoms with van der Waals surface area (Å²) in [5.41, 5.74) is 5.67. The quantitative estimate of drug-likeness (QED) is 0.861. The number of amides is 1. The van der Waals surface area contributed by atoms with Crippen LogP contribution in [0.3, 0.4) is 0 Å². The van der Waals surface area contributed by atoms with Crippen LogP contribution in [0.4, 0.5) is 0 Å². The van der Waals surface area contributed by atoms with Crippen LogP contribution in [0.5, 0.6) is 0 Å². The third-order valence-corrected chi connectivity index (χ3v) is 7.48. The van der Waals surface area contributed by atoms with E-state index in [1.165, 1.54) is 25.5 Å². The van der Waals surface area contributed by atoms with Crippen molar-refractivity contribution in [3.8, 4) is 0 Å². The molecule has 0 spiro atoms. The molecule has 0 radical (unpaired) electrons. The number of aromatic amines is 1. The smallest absolute Gasteiger partial charge is 0.263 e. The van der Waals surface area contributed by atoms with Gasteiger partial charge in [-0.1, -0.05) is 0 Å². The fourth-order valence-corrected chi connectivity index (χ4v) is 6.60. The lowest BCUT2D eigenvalue weighted by Gasteiger charge is -2.56. The molecule has 0 aromatic carbocycles. The van der Waals surface area contributed by atoms with Gasteiger partial charge < -0.3 is 15.6 Å². The van der Waals surface area contributed by atoms with Gasteiger partial charge in [-0.15, -0.1) is 0 Å². The minimum absolute atomic E-state index is 0.0494. The second kappa shape index (κ2) is 5.91. The minimum atomic E-state index is -0.271. The van der Waals surface area contributed by atoms with E-state index >= 15 is 0 Å². The molecule has 4 saturated carbocycles. The Morgan fingerprint density at radius 3 is 2.42 bits per heavy atom. The standard InChI is InChI=1S/C20H28N4O2/c21-9-12-1-2-24(11-12)18(26)16-10-22-19(23-17(16)25)20-6-13-3-14(7-20)5-15(4-13)8-20/h10,12-15H,1-9,11,21H2,(H,22,23,25)/t12-,13?,14?,15?,20?/m1/s1. The Labute approximate surface area is 153 Å². The molecule has 1 aromatic rings. The highest BCUT2D eigenvalue weighted by Gasteiger charge is 2.53. The van der Waals surface area contributed by atoms with Gasteiger partial charge in [0.25, 0.3) is 11.5 Å². The molecule has 1 amide bonds. The zero-order chi connectivity index (χ0) is 17.9. The molecule has 6 rings (SSSR count). The number of hydrogen-bond acceptors (Lipinski definition) is 4. The molecule has 26 heavy (non-hydrogen) atoms. The summed E-state index contributed by atoms with van der Waals surface area (Å²) in [6.07, 6.45) is 9.98. The second-order valence-corrected chi connectivity index (χ2v) is 9.31. The zero-order valence-electron chi connectivity index (χ0n) is 15.2. The van der Waals surface area contributed by atoms with Crippen LogP contribution in [-0.2, 0) is 5.41 Å². The molecular weight excluding hydrogens is 328 g/mol. The summed E-state index contributed by atoms with van der Waals surface area (Å²) in [6.45, 7) is 1.91. The van der Waals surface area contributed by atoms with E-state index in [4.69, 9.17) is 5.73 Å². The maximum atomic E-state index is 12.7. The topological polar surface area (TPSA) is 92.1 Å². The van der Waals surface area contributed by atoms with E-state index in [0.29, 0.717) is 25.6 Å². The van der Waals surface area contributed by atoms with Gasteiger partial charge in [-0.25, -0.2) is 4.98 Å². The fraction of sp³-hybridized carbons (Fsp3) is 0.750. The first-order valence-electron chi connectivity index (χ1n) is 10.2. The van der Waals surface area contributed by atoms with Crippen molar-refractivity contribution in [2.75, 3.05) is 19.6 Å². The van der Waals surface area contributed by atoms with Crippen molar-refractivity contribution in [3.05, 3.63) is 27.9 Å². The molecule has 3 N–H and O–H groups in total. The first kappa shape index (κ1) is 16.5. The van der Waals surface area contributed by atoms with Crippen LogP contribution < -0.4 is 11.3 Å². The summed E-state index contributed by atoms with van der Waals surface area (Å²) in [7, 11) is 0. The van der Waals surface area contributed by atoms with Crippen LogP contribution in [0.15, 0.2) is 11.0 Å². The van der Waals surface area contributed by atoms with Crippen molar-refractivity contribution in [2.45, 2.75) is 50.4 Å². The number of hydrogen-bond donors (Lipinski definition) is 2. The van der Waals surface area contributed by atoms with E-state index in [0.717, 1.165) is 49.3 Å². The number of H-pyrrole nitrogens is 1. The number of aromatic nitrogens is 2. The van der Waals surface area contributed by atoms with E-state index in [1.54, 1.807) is 4.90 Å². The van der Waals surface area contributed by atoms with Crippen LogP contribution >= 0.6 is 0 Å². The Kier molecular flexibility index (Phi) is 3.75. The normalized spacial score (nSPS) is 38.1. The van der Waals surface area contributed by atoms with Crippen LogP contribution in [0.25, 0.3) is 0 Å². The lowest BCUT2D eigenvalue weighted by Crippen LogP contribution is -2.50. The molecule has 4 bridgehead atoms. The molecule has 6 nitrogen and oxygen atoms in total. The highest BCUT2D eigenvalue weighted by Crippen LogP contribution is 2.59. The largest absolute Gasteiger partial charge is 0.338 e. The van der Waals surface area contributed by atoms with Gasteiger partial charge in [0.05, 0.1) is 0 Å². The monoisotopic (exact) mass is 356 g/mol. The average molecular weight is 356 g/mol. The molecule has 140 valence electrons. The third kappa shape index (κ3) is 2.53. The van der Waals surface area contributed by atoms with E-state index in [-0.39, 0.29) is 22.4 Å². The Hall–Kier alpha value is -1.69. The molecule has 5 aliphatic rings. The van der Waals surface area contributed by atoms with Gasteiger partial charge in [0.2, 0.25) is 0 Å². The number of likely N-dealkylation sites (tertiary alicyclic amines) is 1. The number of carbonyl (C=O) groups excluding carboxylic acids is 1. The van der Waals surface area contributed by atoms with Crippen LogP contribution in [-0.4, -0.2) is 40.4 Å².